The molecule has 0 aromatic carbocycles. The van der Waals surface area contributed by atoms with Gasteiger partial charge in [-0.3, -0.25) is 14.8 Å². The predicted octanol–water partition coefficient (Wildman–Crippen LogP) is 4.03. The smallest absolute Gasteiger partial charge is 0.370 e. The maximum Gasteiger partial charge on any atom is 0.513 e. The van der Waals surface area contributed by atoms with Crippen LogP contribution in [0.1, 0.15) is 57.8 Å². The first-order valence-electron chi connectivity index (χ1n) is 10.9. The van der Waals surface area contributed by atoms with Crippen molar-refractivity contribution in [1.82, 2.24) is 9.45 Å². The molecule has 1 aliphatic carbocycles. The average molecular weight is 480 g/mol. The Morgan fingerprint density at radius 1 is 1.16 bits per heavy atom. The van der Waals surface area contributed by atoms with Crippen molar-refractivity contribution >= 4 is 21.7 Å². The maximum atomic E-state index is 13.0. The van der Waals surface area contributed by atoms with E-state index < -0.39 is 15.5 Å². The third-order valence-electron chi connectivity index (χ3n) is 5.22. The molecule has 12 heteroatoms. The number of pyridine rings is 1. The zero-order valence-corrected chi connectivity index (χ0v) is 18.9. The Balaban J connectivity index is 1.72. The molecule has 1 saturated carbocycles. The van der Waals surface area contributed by atoms with Gasteiger partial charge in [-0.2, -0.15) is 13.2 Å². The van der Waals surface area contributed by atoms with E-state index in [2.05, 4.69) is 15.3 Å². The normalized spacial score (nSPS) is 16.4. The van der Waals surface area contributed by atoms with E-state index in [0.717, 1.165) is 37.8 Å². The third-order valence-corrected chi connectivity index (χ3v) is 6.63. The quantitative estimate of drug-likeness (QED) is 0.203. The van der Waals surface area contributed by atoms with Crippen molar-refractivity contribution in [2.45, 2.75) is 63.3 Å². The number of hydroxylamine groups is 1. The van der Waals surface area contributed by atoms with E-state index in [1.807, 2.05) is 0 Å². The van der Waals surface area contributed by atoms with Crippen molar-refractivity contribution in [1.29, 1.82) is 0 Å². The first-order chi connectivity index (χ1) is 15.2. The molecule has 0 amide bonds. The van der Waals surface area contributed by atoms with E-state index >= 15 is 0 Å². The minimum absolute atomic E-state index is 0.00617. The second-order valence-corrected chi connectivity index (χ2v) is 9.64. The lowest BCUT2D eigenvalue weighted by molar-refractivity contribution is -0.125. The lowest BCUT2D eigenvalue weighted by atomic mass is 9.90. The predicted molar refractivity (Wildman–Crippen MR) is 117 cm³/mol. The van der Waals surface area contributed by atoms with Crippen molar-refractivity contribution in [2.24, 2.45) is 16.6 Å². The molecule has 1 fully saturated rings. The number of anilines is 1. The molecule has 1 aliphatic rings. The zero-order valence-electron chi connectivity index (χ0n) is 18.1. The molecule has 0 atom stereocenters. The topological polar surface area (TPSA) is 110 Å². The van der Waals surface area contributed by atoms with Crippen molar-refractivity contribution in [3.05, 3.63) is 24.5 Å². The number of hydrogen-bond acceptors (Lipinski definition) is 5. The number of guanidine groups is 1. The minimum Gasteiger partial charge on any atom is -0.370 e. The fourth-order valence-corrected chi connectivity index (χ4v) is 4.24. The Labute approximate surface area is 187 Å². The fourth-order valence-electron chi connectivity index (χ4n) is 3.44. The van der Waals surface area contributed by atoms with E-state index in [1.165, 1.54) is 0 Å². The molecule has 0 radical (unpaired) electrons. The molecular formula is C20H32F3N5O3S. The minimum atomic E-state index is -5.52. The summed E-state index contributed by atoms with van der Waals surface area (Å²) < 4.78 is 62.9. The van der Waals surface area contributed by atoms with Crippen molar-refractivity contribution < 1.29 is 26.4 Å². The largest absolute Gasteiger partial charge is 0.513 e. The number of nitrogens with two attached hydrogens (primary N) is 1. The van der Waals surface area contributed by atoms with Crippen LogP contribution in [0.2, 0.25) is 0 Å². The molecule has 0 aliphatic heterocycles. The van der Waals surface area contributed by atoms with Crippen LogP contribution >= 0.6 is 0 Å². The van der Waals surface area contributed by atoms with Crippen LogP contribution in [-0.4, -0.2) is 49.0 Å². The Hall–Kier alpha value is -1.92. The van der Waals surface area contributed by atoms with E-state index in [0.29, 0.717) is 25.8 Å². The van der Waals surface area contributed by atoms with Crippen LogP contribution in [0.15, 0.2) is 29.5 Å². The van der Waals surface area contributed by atoms with Crippen molar-refractivity contribution in [3.63, 3.8) is 0 Å². The summed E-state index contributed by atoms with van der Waals surface area (Å²) in [6.45, 7) is 0.115. The van der Waals surface area contributed by atoms with Gasteiger partial charge < -0.3 is 11.1 Å². The molecule has 32 heavy (non-hydrogen) atoms. The van der Waals surface area contributed by atoms with Crippen molar-refractivity contribution in [2.75, 3.05) is 25.0 Å². The van der Waals surface area contributed by atoms with Gasteiger partial charge in [-0.05, 0) is 43.7 Å². The number of halogens is 3. The molecule has 3 N–H and O–H groups in total. The lowest BCUT2D eigenvalue weighted by Crippen LogP contribution is -2.42. The highest BCUT2D eigenvalue weighted by molar-refractivity contribution is 7.89. The van der Waals surface area contributed by atoms with Gasteiger partial charge in [0.2, 0.25) is 0 Å². The Morgan fingerprint density at radius 2 is 1.81 bits per heavy atom. The van der Waals surface area contributed by atoms with Crippen LogP contribution in [0.4, 0.5) is 18.9 Å². The molecule has 182 valence electrons. The maximum absolute atomic E-state index is 13.0. The number of nitrogens with zero attached hydrogens (tertiary/aromatic N) is 3. The summed E-state index contributed by atoms with van der Waals surface area (Å²) in [5.41, 5.74) is 1.17. The van der Waals surface area contributed by atoms with Crippen molar-refractivity contribution in [3.8, 4) is 0 Å². The monoisotopic (exact) mass is 479 g/mol. The highest BCUT2D eigenvalue weighted by Crippen LogP contribution is 2.29. The molecule has 0 unspecified atom stereocenters. The molecule has 8 nitrogen and oxygen atoms in total. The second-order valence-electron chi connectivity index (χ2n) is 7.82. The Morgan fingerprint density at radius 3 is 2.47 bits per heavy atom. The van der Waals surface area contributed by atoms with Gasteiger partial charge in [0.25, 0.3) is 0 Å². The standard InChI is InChI=1S/C20H32F3N5O3S/c21-20(22,23)32(29,30)28(31-16-17-8-4-3-5-9-17)15-7-2-1-6-12-26-19(24)27-18-10-13-25-14-11-18/h10-11,13-14,17H,1-9,12,15-16H2,(H3,24,25,26,27). The molecule has 0 spiro atoms. The number of aromatic nitrogens is 1. The highest BCUT2D eigenvalue weighted by Gasteiger charge is 2.50. The first kappa shape index (κ1) is 26.3. The van der Waals surface area contributed by atoms with E-state index in [1.54, 1.807) is 24.5 Å². The number of unbranched alkanes of at least 4 members (excludes halogenated alkanes) is 3. The van der Waals surface area contributed by atoms with E-state index in [-0.39, 0.29) is 35.9 Å². The Bertz CT molecular complexity index is 800. The van der Waals surface area contributed by atoms with Crippen LogP contribution in [0.5, 0.6) is 0 Å². The zero-order chi connectivity index (χ0) is 23.5. The summed E-state index contributed by atoms with van der Waals surface area (Å²) in [7, 11) is -5.52. The molecular weight excluding hydrogens is 447 g/mol. The highest BCUT2D eigenvalue weighted by atomic mass is 32.2. The lowest BCUT2D eigenvalue weighted by Gasteiger charge is -2.26. The van der Waals surface area contributed by atoms with Gasteiger partial charge in [0.05, 0.1) is 6.61 Å². The number of nitrogens with one attached hydrogen (secondary N) is 1. The number of alkyl halides is 3. The molecule has 1 aromatic heterocycles. The van der Waals surface area contributed by atoms with Gasteiger partial charge in [-0.1, -0.05) is 36.6 Å². The van der Waals surface area contributed by atoms with Crippen LogP contribution in [0, 0.1) is 5.92 Å². The van der Waals surface area contributed by atoms with Crippen LogP contribution in [0.25, 0.3) is 0 Å². The molecule has 0 bridgehead atoms. The van der Waals surface area contributed by atoms with Gasteiger partial charge in [-0.25, -0.2) is 8.42 Å². The summed E-state index contributed by atoms with van der Waals surface area (Å²) >= 11 is 0. The summed E-state index contributed by atoms with van der Waals surface area (Å²) in [6.07, 6.45) is 10.2. The summed E-state index contributed by atoms with van der Waals surface area (Å²) in [5.74, 6) is 0.355. The van der Waals surface area contributed by atoms with Crippen LogP contribution in [0.3, 0.4) is 0 Å². The van der Waals surface area contributed by atoms with Gasteiger partial charge in [0.1, 0.15) is 0 Å². The summed E-state index contributed by atoms with van der Waals surface area (Å²) in [5, 5.41) is 2.92. The number of rotatable bonds is 12. The number of hydrogen-bond donors (Lipinski definition) is 2. The fraction of sp³-hybridized carbons (Fsp3) is 0.700. The molecule has 1 heterocycles. The van der Waals surface area contributed by atoms with Crippen LogP contribution < -0.4 is 11.1 Å². The SMILES string of the molecule is NC(=NCCCCCCN(OCC1CCCCC1)S(=O)(=O)C(F)(F)F)Nc1ccncc1. The molecule has 0 saturated heterocycles. The number of sulfonamides is 1. The Kier molecular flexibility index (Phi) is 10.7. The third kappa shape index (κ3) is 8.91. The van der Waals surface area contributed by atoms with E-state index in [9.17, 15) is 21.6 Å². The van der Waals surface area contributed by atoms with Crippen LogP contribution in [-0.2, 0) is 14.9 Å². The van der Waals surface area contributed by atoms with Gasteiger partial charge >= 0.3 is 15.5 Å². The van der Waals surface area contributed by atoms with E-state index in [4.69, 9.17) is 10.6 Å². The average Bonchev–Trinajstić information content (AvgIpc) is 2.75. The van der Waals surface area contributed by atoms with Gasteiger partial charge in [-0.15, -0.1) is 0 Å². The second kappa shape index (κ2) is 12.9. The molecule has 2 rings (SSSR count). The summed E-state index contributed by atoms with van der Waals surface area (Å²) in [4.78, 5) is 13.3. The molecule has 1 aromatic rings. The summed E-state index contributed by atoms with van der Waals surface area (Å²) in [6, 6.07) is 3.50. The van der Waals surface area contributed by atoms with Gasteiger partial charge in [0.15, 0.2) is 5.96 Å². The number of aliphatic imine (C=N–C) groups is 1. The van der Waals surface area contributed by atoms with Gasteiger partial charge in [0, 0.05) is 31.2 Å². The first-order valence-corrected chi connectivity index (χ1v) is 12.3.